The minimum Gasteiger partial charge on any atom is -0.495 e. The van der Waals surface area contributed by atoms with Gasteiger partial charge in [-0.2, -0.15) is 4.98 Å². The summed E-state index contributed by atoms with van der Waals surface area (Å²) in [5.74, 6) is 3.00. The second-order valence-electron chi connectivity index (χ2n) is 9.58. The summed E-state index contributed by atoms with van der Waals surface area (Å²) >= 11 is 7.58. The van der Waals surface area contributed by atoms with Crippen LogP contribution in [0.25, 0.3) is 0 Å². The third kappa shape index (κ3) is 6.95. The SMILES string of the molecule is COc1ccccc1NC(=O)Cc1noc(CSc2nnc(COc3ccc(Cl)cc3C)n2C2CCCCC2)n1. The lowest BCUT2D eigenvalue weighted by Gasteiger charge is -2.25. The number of aromatic nitrogens is 5. The zero-order chi connectivity index (χ0) is 27.9. The van der Waals surface area contributed by atoms with Gasteiger partial charge in [0.15, 0.2) is 16.8 Å². The molecule has 0 spiro atoms. The van der Waals surface area contributed by atoms with Gasteiger partial charge < -0.3 is 19.3 Å². The van der Waals surface area contributed by atoms with Crippen LogP contribution in [-0.4, -0.2) is 37.9 Å². The van der Waals surface area contributed by atoms with Gasteiger partial charge in [-0.1, -0.05) is 59.9 Å². The largest absolute Gasteiger partial charge is 0.495 e. The van der Waals surface area contributed by atoms with Gasteiger partial charge in [-0.15, -0.1) is 10.2 Å². The number of thioether (sulfide) groups is 1. The molecule has 210 valence electrons. The number of rotatable bonds is 11. The first-order valence-electron chi connectivity index (χ1n) is 13.2. The molecule has 2 heterocycles. The fourth-order valence-corrected chi connectivity index (χ4v) is 5.85. The molecule has 0 bridgehead atoms. The number of para-hydroxylation sites is 2. The topological polar surface area (TPSA) is 117 Å². The van der Waals surface area contributed by atoms with Gasteiger partial charge in [-0.05, 0) is 55.7 Å². The van der Waals surface area contributed by atoms with Crippen molar-refractivity contribution in [2.75, 3.05) is 12.4 Å². The van der Waals surface area contributed by atoms with E-state index >= 15 is 0 Å². The number of carbonyl (C=O) groups is 1. The molecule has 1 fully saturated rings. The highest BCUT2D eigenvalue weighted by Gasteiger charge is 2.24. The summed E-state index contributed by atoms with van der Waals surface area (Å²) in [5, 5.41) is 17.2. The summed E-state index contributed by atoms with van der Waals surface area (Å²) in [6.07, 6.45) is 5.72. The summed E-state index contributed by atoms with van der Waals surface area (Å²) in [7, 11) is 1.56. The standard InChI is InChI=1S/C28H31ClN6O4S/c1-18-14-19(29)12-13-22(18)38-16-25-32-33-28(35(25)20-8-4-3-5-9-20)40-17-27-31-24(34-39-27)15-26(36)30-21-10-6-7-11-23(21)37-2/h6-7,10-14,20H,3-5,8-9,15-17H2,1-2H3,(H,30,36). The van der Waals surface area contributed by atoms with Gasteiger partial charge in [0.25, 0.3) is 0 Å². The number of amides is 1. The van der Waals surface area contributed by atoms with Gasteiger partial charge in [-0.25, -0.2) is 0 Å². The average molecular weight is 583 g/mol. The van der Waals surface area contributed by atoms with E-state index in [9.17, 15) is 4.79 Å². The normalized spacial score (nSPS) is 13.8. The lowest BCUT2D eigenvalue weighted by molar-refractivity contribution is -0.115. The zero-order valence-corrected chi connectivity index (χ0v) is 24.0. The van der Waals surface area contributed by atoms with Crippen molar-refractivity contribution in [1.82, 2.24) is 24.9 Å². The lowest BCUT2D eigenvalue weighted by atomic mass is 9.95. The van der Waals surface area contributed by atoms with Crippen LogP contribution in [0.15, 0.2) is 52.1 Å². The lowest BCUT2D eigenvalue weighted by Crippen LogP contribution is -2.18. The van der Waals surface area contributed by atoms with Gasteiger partial charge >= 0.3 is 0 Å². The number of nitrogens with zero attached hydrogens (tertiary/aromatic N) is 5. The maximum Gasteiger partial charge on any atom is 0.237 e. The first-order chi connectivity index (χ1) is 19.5. The van der Waals surface area contributed by atoms with Gasteiger partial charge in [0.1, 0.15) is 18.1 Å². The number of hydrogen-bond donors (Lipinski definition) is 1. The van der Waals surface area contributed by atoms with Crippen LogP contribution < -0.4 is 14.8 Å². The summed E-state index contributed by atoms with van der Waals surface area (Å²) < 4.78 is 19.0. The third-order valence-corrected chi connectivity index (χ3v) is 7.87. The molecule has 1 amide bonds. The minimum absolute atomic E-state index is 0.0178. The Balaban J connectivity index is 1.23. The van der Waals surface area contributed by atoms with E-state index in [4.69, 9.17) is 25.6 Å². The van der Waals surface area contributed by atoms with Crippen molar-refractivity contribution in [3.05, 3.63) is 70.6 Å². The van der Waals surface area contributed by atoms with Crippen molar-refractivity contribution < 1.29 is 18.8 Å². The first-order valence-corrected chi connectivity index (χ1v) is 14.6. The summed E-state index contributed by atoms with van der Waals surface area (Å²) in [5.41, 5.74) is 1.55. The van der Waals surface area contributed by atoms with Crippen molar-refractivity contribution in [3.8, 4) is 11.5 Å². The smallest absolute Gasteiger partial charge is 0.237 e. The quantitative estimate of drug-likeness (QED) is 0.206. The van der Waals surface area contributed by atoms with E-state index in [0.29, 0.717) is 46.6 Å². The summed E-state index contributed by atoms with van der Waals surface area (Å²) in [6, 6.07) is 13.1. The fourth-order valence-electron chi connectivity index (χ4n) is 4.76. The molecule has 5 rings (SSSR count). The Labute approximate surface area is 241 Å². The van der Waals surface area contributed by atoms with E-state index in [1.54, 1.807) is 19.2 Å². The number of ether oxygens (including phenoxy) is 2. The molecule has 1 saturated carbocycles. The number of nitrogens with one attached hydrogen (secondary N) is 1. The van der Waals surface area contributed by atoms with Crippen molar-refractivity contribution in [2.24, 2.45) is 0 Å². The van der Waals surface area contributed by atoms with Crippen LogP contribution >= 0.6 is 23.4 Å². The molecular weight excluding hydrogens is 552 g/mol. The molecule has 0 unspecified atom stereocenters. The number of halogens is 1. The second kappa shape index (κ2) is 13.2. The van der Waals surface area contributed by atoms with Crippen molar-refractivity contribution in [1.29, 1.82) is 0 Å². The minimum atomic E-state index is -0.262. The maximum absolute atomic E-state index is 12.5. The number of carbonyl (C=O) groups excluding carboxylic acids is 1. The molecule has 0 radical (unpaired) electrons. The van der Waals surface area contributed by atoms with E-state index < -0.39 is 0 Å². The molecule has 1 aliphatic carbocycles. The van der Waals surface area contributed by atoms with Crippen molar-refractivity contribution >= 4 is 35.0 Å². The molecule has 2 aromatic heterocycles. The van der Waals surface area contributed by atoms with Gasteiger partial charge in [-0.3, -0.25) is 9.36 Å². The molecule has 40 heavy (non-hydrogen) atoms. The van der Waals surface area contributed by atoms with Crippen LogP contribution in [0.4, 0.5) is 5.69 Å². The molecule has 0 aliphatic heterocycles. The van der Waals surface area contributed by atoms with E-state index in [-0.39, 0.29) is 12.3 Å². The Morgan fingerprint density at radius 3 is 2.77 bits per heavy atom. The summed E-state index contributed by atoms with van der Waals surface area (Å²) in [6.45, 7) is 2.27. The number of benzene rings is 2. The van der Waals surface area contributed by atoms with E-state index in [1.807, 2.05) is 37.3 Å². The molecular formula is C28H31ClN6O4S. The Kier molecular flexibility index (Phi) is 9.22. The van der Waals surface area contributed by atoms with Crippen LogP contribution in [0.1, 0.15) is 61.2 Å². The van der Waals surface area contributed by atoms with E-state index in [1.165, 1.54) is 31.0 Å². The highest BCUT2D eigenvalue weighted by molar-refractivity contribution is 7.98. The molecule has 4 aromatic rings. The Hall–Kier alpha value is -3.57. The van der Waals surface area contributed by atoms with Crippen LogP contribution in [0.3, 0.4) is 0 Å². The summed E-state index contributed by atoms with van der Waals surface area (Å²) in [4.78, 5) is 16.9. The van der Waals surface area contributed by atoms with Gasteiger partial charge in [0, 0.05) is 11.1 Å². The fraction of sp³-hybridized carbons (Fsp3) is 0.393. The number of aryl methyl sites for hydroxylation is 1. The zero-order valence-electron chi connectivity index (χ0n) is 22.4. The highest BCUT2D eigenvalue weighted by Crippen LogP contribution is 2.34. The Bertz CT molecular complexity index is 1450. The molecule has 0 atom stereocenters. The predicted octanol–water partition coefficient (Wildman–Crippen LogP) is 6.19. The van der Waals surface area contributed by atoms with Gasteiger partial charge in [0.05, 0.1) is 25.0 Å². The molecule has 12 heteroatoms. The Morgan fingerprint density at radius 1 is 1.15 bits per heavy atom. The second-order valence-corrected chi connectivity index (χ2v) is 11.0. The number of methoxy groups -OCH3 is 1. The van der Waals surface area contributed by atoms with Crippen molar-refractivity contribution in [3.63, 3.8) is 0 Å². The maximum atomic E-state index is 12.5. The molecule has 10 nitrogen and oxygen atoms in total. The van der Waals surface area contributed by atoms with Gasteiger partial charge in [0.2, 0.25) is 11.8 Å². The predicted molar refractivity (Wildman–Crippen MR) is 152 cm³/mol. The van der Waals surface area contributed by atoms with E-state index in [0.717, 1.165) is 35.1 Å². The first kappa shape index (κ1) is 28.0. The van der Waals surface area contributed by atoms with Crippen LogP contribution in [0, 0.1) is 6.92 Å². The monoisotopic (exact) mass is 582 g/mol. The van der Waals surface area contributed by atoms with E-state index in [2.05, 4.69) is 30.2 Å². The van der Waals surface area contributed by atoms with Crippen LogP contribution in [0.2, 0.25) is 5.02 Å². The highest BCUT2D eigenvalue weighted by atomic mass is 35.5. The molecule has 2 aromatic carbocycles. The third-order valence-electron chi connectivity index (χ3n) is 6.70. The van der Waals surface area contributed by atoms with Crippen molar-refractivity contribution in [2.45, 2.75) is 69.0 Å². The molecule has 1 aliphatic rings. The Morgan fingerprint density at radius 2 is 1.98 bits per heavy atom. The van der Waals surface area contributed by atoms with Crippen LogP contribution in [0.5, 0.6) is 11.5 Å². The number of hydrogen-bond acceptors (Lipinski definition) is 9. The number of anilines is 1. The average Bonchev–Trinajstić information content (AvgIpc) is 3.58. The molecule has 1 N–H and O–H groups in total. The van der Waals surface area contributed by atoms with Crippen LogP contribution in [-0.2, 0) is 23.6 Å². The molecule has 0 saturated heterocycles.